The van der Waals surface area contributed by atoms with Gasteiger partial charge in [0.25, 0.3) is 5.91 Å². The second-order valence-electron chi connectivity index (χ2n) is 9.29. The molecule has 11 heteroatoms. The third kappa shape index (κ3) is 6.58. The summed E-state index contributed by atoms with van der Waals surface area (Å²) in [6.45, 7) is 2.61. The molecule has 210 valence electrons. The van der Waals surface area contributed by atoms with Crippen LogP contribution in [0.1, 0.15) is 26.6 Å². The van der Waals surface area contributed by atoms with Crippen molar-refractivity contribution in [3.05, 3.63) is 94.2 Å². The molecule has 3 heterocycles. The van der Waals surface area contributed by atoms with Crippen molar-refractivity contribution in [2.75, 3.05) is 27.8 Å². The SMILES string of the molecule is COc1ccc(CCN(C)C(=O)c2csc(CSc3nnc(-c4ccncc4)n3-c3ccc(C)cc3)n2)cc1OC. The number of carbonyl (C=O) groups is 1. The van der Waals surface area contributed by atoms with E-state index in [0.717, 1.165) is 32.8 Å². The average molecular weight is 587 g/mol. The molecule has 0 spiro atoms. The van der Waals surface area contributed by atoms with Gasteiger partial charge in [0.2, 0.25) is 0 Å². The smallest absolute Gasteiger partial charge is 0.273 e. The van der Waals surface area contributed by atoms with Crippen LogP contribution in [0.2, 0.25) is 0 Å². The van der Waals surface area contributed by atoms with Gasteiger partial charge in [0, 0.05) is 42.6 Å². The maximum absolute atomic E-state index is 13.1. The van der Waals surface area contributed by atoms with Crippen LogP contribution < -0.4 is 9.47 Å². The summed E-state index contributed by atoms with van der Waals surface area (Å²) in [5.41, 5.74) is 4.58. The van der Waals surface area contributed by atoms with E-state index in [-0.39, 0.29) is 5.91 Å². The molecule has 0 radical (unpaired) electrons. The van der Waals surface area contributed by atoms with E-state index in [1.54, 1.807) is 38.6 Å². The summed E-state index contributed by atoms with van der Waals surface area (Å²) in [5.74, 6) is 2.55. The van der Waals surface area contributed by atoms with E-state index in [2.05, 4.69) is 51.4 Å². The highest BCUT2D eigenvalue weighted by molar-refractivity contribution is 7.98. The van der Waals surface area contributed by atoms with Gasteiger partial charge in [-0.05, 0) is 55.3 Å². The zero-order valence-electron chi connectivity index (χ0n) is 23.3. The van der Waals surface area contributed by atoms with Crippen molar-refractivity contribution < 1.29 is 14.3 Å². The minimum atomic E-state index is -0.110. The topological polar surface area (TPSA) is 95.3 Å². The second kappa shape index (κ2) is 13.0. The molecule has 5 aromatic rings. The largest absolute Gasteiger partial charge is 0.493 e. The number of rotatable bonds is 11. The number of likely N-dealkylation sites (N-methyl/N-ethyl adjacent to an activating group) is 1. The zero-order chi connectivity index (χ0) is 28.8. The van der Waals surface area contributed by atoms with Gasteiger partial charge < -0.3 is 14.4 Å². The summed E-state index contributed by atoms with van der Waals surface area (Å²) in [6, 6.07) is 17.9. The molecule has 41 heavy (non-hydrogen) atoms. The van der Waals surface area contributed by atoms with Gasteiger partial charge in [-0.3, -0.25) is 14.3 Å². The molecule has 0 saturated carbocycles. The molecule has 0 aliphatic heterocycles. The van der Waals surface area contributed by atoms with E-state index in [1.807, 2.05) is 40.3 Å². The Balaban J connectivity index is 1.26. The van der Waals surface area contributed by atoms with Crippen LogP contribution in [0.25, 0.3) is 17.1 Å². The maximum atomic E-state index is 13.1. The first-order valence-electron chi connectivity index (χ1n) is 12.9. The molecule has 0 saturated heterocycles. The third-order valence-corrected chi connectivity index (χ3v) is 8.46. The number of thioether (sulfide) groups is 1. The number of aryl methyl sites for hydroxylation is 1. The normalized spacial score (nSPS) is 10.9. The fourth-order valence-electron chi connectivity index (χ4n) is 4.21. The lowest BCUT2D eigenvalue weighted by Gasteiger charge is -2.16. The average Bonchev–Trinajstić information content (AvgIpc) is 3.66. The predicted molar refractivity (Wildman–Crippen MR) is 161 cm³/mol. The first-order valence-corrected chi connectivity index (χ1v) is 14.8. The van der Waals surface area contributed by atoms with Crippen LogP contribution in [0.5, 0.6) is 11.5 Å². The standard InChI is InChI=1S/C30H30N6O3S2/c1-20-5-8-23(9-6-20)36-28(22-11-14-31-15-12-22)33-34-30(36)41-19-27-32-24(18-40-27)29(37)35(2)16-13-21-7-10-25(38-3)26(17-21)39-4/h5-12,14-15,17-18H,13,16,19H2,1-4H3. The number of pyridine rings is 1. The Labute approximate surface area is 247 Å². The molecule has 3 aromatic heterocycles. The van der Waals surface area contributed by atoms with Gasteiger partial charge in [0.05, 0.1) is 20.0 Å². The second-order valence-corrected chi connectivity index (χ2v) is 11.2. The Morgan fingerprint density at radius 3 is 2.49 bits per heavy atom. The number of ether oxygens (including phenoxy) is 2. The van der Waals surface area contributed by atoms with Crippen LogP contribution in [0.3, 0.4) is 0 Å². The molecule has 0 aliphatic rings. The number of amides is 1. The van der Waals surface area contributed by atoms with Crippen LogP contribution >= 0.6 is 23.1 Å². The Morgan fingerprint density at radius 2 is 1.76 bits per heavy atom. The monoisotopic (exact) mass is 586 g/mol. The van der Waals surface area contributed by atoms with Crippen molar-refractivity contribution >= 4 is 29.0 Å². The summed E-state index contributed by atoms with van der Waals surface area (Å²) in [6.07, 6.45) is 4.18. The van der Waals surface area contributed by atoms with Gasteiger partial charge in [-0.1, -0.05) is 35.5 Å². The van der Waals surface area contributed by atoms with E-state index < -0.39 is 0 Å². The highest BCUT2D eigenvalue weighted by Crippen LogP contribution is 2.31. The van der Waals surface area contributed by atoms with Crippen molar-refractivity contribution in [2.45, 2.75) is 24.3 Å². The summed E-state index contributed by atoms with van der Waals surface area (Å²) in [4.78, 5) is 23.5. The van der Waals surface area contributed by atoms with Crippen molar-refractivity contribution in [1.29, 1.82) is 0 Å². The van der Waals surface area contributed by atoms with Gasteiger partial charge in [-0.2, -0.15) is 0 Å². The highest BCUT2D eigenvalue weighted by atomic mass is 32.2. The number of thiazole rings is 1. The van der Waals surface area contributed by atoms with E-state index in [1.165, 1.54) is 28.7 Å². The molecule has 0 fully saturated rings. The number of methoxy groups -OCH3 is 2. The predicted octanol–water partition coefficient (Wildman–Crippen LogP) is 5.72. The van der Waals surface area contributed by atoms with Crippen LogP contribution in [0.15, 0.2) is 77.5 Å². The molecule has 2 aromatic carbocycles. The van der Waals surface area contributed by atoms with Crippen molar-refractivity contribution in [2.24, 2.45) is 0 Å². The summed E-state index contributed by atoms with van der Waals surface area (Å²) in [7, 11) is 5.02. The van der Waals surface area contributed by atoms with Gasteiger partial charge in [0.15, 0.2) is 22.5 Å². The molecular weight excluding hydrogens is 557 g/mol. The lowest BCUT2D eigenvalue weighted by Crippen LogP contribution is -2.29. The van der Waals surface area contributed by atoms with E-state index in [0.29, 0.717) is 35.9 Å². The minimum absolute atomic E-state index is 0.110. The van der Waals surface area contributed by atoms with Crippen molar-refractivity contribution in [3.63, 3.8) is 0 Å². The number of hydrogen-bond acceptors (Lipinski definition) is 9. The number of hydrogen-bond donors (Lipinski definition) is 0. The van der Waals surface area contributed by atoms with Crippen molar-refractivity contribution in [1.82, 2.24) is 29.6 Å². The zero-order valence-corrected chi connectivity index (χ0v) is 24.9. The van der Waals surface area contributed by atoms with E-state index >= 15 is 0 Å². The molecule has 9 nitrogen and oxygen atoms in total. The van der Waals surface area contributed by atoms with Crippen LogP contribution in [0.4, 0.5) is 0 Å². The van der Waals surface area contributed by atoms with Crippen LogP contribution in [0, 0.1) is 6.92 Å². The van der Waals surface area contributed by atoms with Gasteiger partial charge in [0.1, 0.15) is 10.7 Å². The fraction of sp³-hybridized carbons (Fsp3) is 0.233. The number of nitrogens with zero attached hydrogens (tertiary/aromatic N) is 6. The third-order valence-electron chi connectivity index (χ3n) is 6.49. The molecule has 0 N–H and O–H groups in total. The summed E-state index contributed by atoms with van der Waals surface area (Å²) >= 11 is 3.01. The van der Waals surface area contributed by atoms with Gasteiger partial charge in [-0.15, -0.1) is 21.5 Å². The Hall–Kier alpha value is -4.22. The molecular formula is C30H30N6O3S2. The van der Waals surface area contributed by atoms with Gasteiger partial charge >= 0.3 is 0 Å². The Kier molecular flexibility index (Phi) is 8.95. The van der Waals surface area contributed by atoms with E-state index in [9.17, 15) is 4.79 Å². The fourth-order valence-corrected chi connectivity index (χ4v) is 5.95. The maximum Gasteiger partial charge on any atom is 0.273 e. The molecule has 0 aliphatic carbocycles. The Bertz CT molecular complexity index is 1620. The molecule has 5 rings (SSSR count). The first kappa shape index (κ1) is 28.3. The Morgan fingerprint density at radius 1 is 1.00 bits per heavy atom. The van der Waals surface area contributed by atoms with Crippen LogP contribution in [-0.2, 0) is 12.2 Å². The lowest BCUT2D eigenvalue weighted by molar-refractivity contribution is 0.0791. The molecule has 0 atom stereocenters. The van der Waals surface area contributed by atoms with Gasteiger partial charge in [-0.25, -0.2) is 4.98 Å². The summed E-state index contributed by atoms with van der Waals surface area (Å²) in [5, 5.41) is 12.4. The lowest BCUT2D eigenvalue weighted by atomic mass is 10.1. The number of benzene rings is 2. The highest BCUT2D eigenvalue weighted by Gasteiger charge is 2.19. The van der Waals surface area contributed by atoms with E-state index in [4.69, 9.17) is 9.47 Å². The minimum Gasteiger partial charge on any atom is -0.493 e. The van der Waals surface area contributed by atoms with Crippen molar-refractivity contribution in [3.8, 4) is 28.6 Å². The number of carbonyl (C=O) groups excluding carboxylic acids is 1. The first-order chi connectivity index (χ1) is 20.0. The quantitative estimate of drug-likeness (QED) is 0.182. The van der Waals surface area contributed by atoms with Crippen LogP contribution in [-0.4, -0.2) is 63.4 Å². The molecule has 0 bridgehead atoms. The summed E-state index contributed by atoms with van der Waals surface area (Å²) < 4.78 is 12.7. The molecule has 0 unspecified atom stereocenters. The molecule has 1 amide bonds. The number of aromatic nitrogens is 5.